The van der Waals surface area contributed by atoms with Crippen LogP contribution in [0.4, 0.5) is 5.69 Å². The van der Waals surface area contributed by atoms with Crippen LogP contribution in [-0.2, 0) is 0 Å². The molecule has 0 unspecified atom stereocenters. The Hall–Kier alpha value is -1.02. The Kier molecular flexibility index (Phi) is 3.32. The molecule has 17 heavy (non-hydrogen) atoms. The molecule has 0 bridgehead atoms. The molecule has 92 valence electrons. The van der Waals surface area contributed by atoms with E-state index in [-0.39, 0.29) is 0 Å². The normalized spacial score (nSPS) is 29.6. The Morgan fingerprint density at radius 1 is 0.941 bits per heavy atom. The quantitative estimate of drug-likeness (QED) is 0.834. The fraction of sp³-hybridized carbons (Fsp3) is 0.600. The van der Waals surface area contributed by atoms with Crippen LogP contribution < -0.4 is 5.43 Å². The molecule has 1 aromatic rings. The van der Waals surface area contributed by atoms with Gasteiger partial charge in [-0.3, -0.25) is 0 Å². The Labute approximate surface area is 104 Å². The largest absolute Gasteiger partial charge is 0.319 e. The zero-order valence-electron chi connectivity index (χ0n) is 10.4. The van der Waals surface area contributed by atoms with Gasteiger partial charge in [0.1, 0.15) is 0 Å². The molecule has 1 saturated carbocycles. The molecule has 2 heteroatoms. The summed E-state index contributed by atoms with van der Waals surface area (Å²) in [7, 11) is 0. The van der Waals surface area contributed by atoms with Crippen molar-refractivity contribution in [2.45, 2.75) is 44.6 Å². The molecule has 1 heterocycles. The van der Waals surface area contributed by atoms with E-state index in [0.717, 1.165) is 12.0 Å². The van der Waals surface area contributed by atoms with Crippen LogP contribution in [0.15, 0.2) is 30.3 Å². The number of rotatable bonds is 2. The lowest BCUT2D eigenvalue weighted by molar-refractivity contribution is 0.0828. The lowest BCUT2D eigenvalue weighted by Gasteiger charge is -2.44. The molecule has 0 aromatic heterocycles. The van der Waals surface area contributed by atoms with Crippen LogP contribution in [0.25, 0.3) is 0 Å². The number of anilines is 1. The fourth-order valence-corrected chi connectivity index (χ4v) is 3.44. The minimum Gasteiger partial charge on any atom is -0.319 e. The number of para-hydroxylation sites is 1. The molecule has 2 nitrogen and oxygen atoms in total. The highest BCUT2D eigenvalue weighted by Gasteiger charge is 2.33. The first kappa shape index (κ1) is 11.1. The predicted octanol–water partition coefficient (Wildman–Crippen LogP) is 3.67. The van der Waals surface area contributed by atoms with Crippen LogP contribution in [0.2, 0.25) is 0 Å². The number of hydrogen-bond donors (Lipinski definition) is 1. The molecule has 1 saturated heterocycles. The number of nitrogens with one attached hydrogen (secondary N) is 1. The van der Waals surface area contributed by atoms with Crippen molar-refractivity contribution in [2.75, 3.05) is 12.0 Å². The second-order valence-corrected chi connectivity index (χ2v) is 5.43. The number of nitrogens with zero attached hydrogens (tertiary/aromatic N) is 1. The summed E-state index contributed by atoms with van der Waals surface area (Å²) in [6, 6.07) is 11.4. The maximum atomic E-state index is 3.61. The molecule has 0 radical (unpaired) electrons. The van der Waals surface area contributed by atoms with Crippen molar-refractivity contribution < 1.29 is 0 Å². The number of hydrogen-bond acceptors (Lipinski definition) is 2. The van der Waals surface area contributed by atoms with Gasteiger partial charge in [0, 0.05) is 18.3 Å². The number of piperidine rings is 1. The van der Waals surface area contributed by atoms with E-state index in [9.17, 15) is 0 Å². The summed E-state index contributed by atoms with van der Waals surface area (Å²) in [5.41, 5.74) is 4.85. The molecule has 0 spiro atoms. The maximum Gasteiger partial charge on any atom is 0.0490 e. The van der Waals surface area contributed by atoms with Gasteiger partial charge in [0.2, 0.25) is 0 Å². The van der Waals surface area contributed by atoms with Gasteiger partial charge in [-0.05, 0) is 43.7 Å². The van der Waals surface area contributed by atoms with Crippen LogP contribution in [0.5, 0.6) is 0 Å². The second kappa shape index (κ2) is 5.09. The van der Waals surface area contributed by atoms with Gasteiger partial charge < -0.3 is 5.43 Å². The first-order chi connectivity index (χ1) is 8.43. The summed E-state index contributed by atoms with van der Waals surface area (Å²) in [5.74, 6) is 0.939. The second-order valence-electron chi connectivity index (χ2n) is 5.43. The first-order valence-corrected chi connectivity index (χ1v) is 7.02. The first-order valence-electron chi connectivity index (χ1n) is 7.02. The van der Waals surface area contributed by atoms with Gasteiger partial charge in [-0.25, -0.2) is 5.01 Å². The van der Waals surface area contributed by atoms with Crippen molar-refractivity contribution in [1.29, 1.82) is 0 Å². The molecule has 0 amide bonds. The monoisotopic (exact) mass is 230 g/mol. The predicted molar refractivity (Wildman–Crippen MR) is 71.8 cm³/mol. The highest BCUT2D eigenvalue weighted by atomic mass is 15.5. The van der Waals surface area contributed by atoms with E-state index in [1.165, 1.54) is 50.8 Å². The summed E-state index contributed by atoms with van der Waals surface area (Å²) >= 11 is 0. The van der Waals surface area contributed by atoms with Gasteiger partial charge in [0.25, 0.3) is 0 Å². The molecule has 1 aromatic carbocycles. The van der Waals surface area contributed by atoms with Crippen molar-refractivity contribution in [3.8, 4) is 0 Å². The number of fused-ring (bicyclic) bond motifs is 1. The maximum absolute atomic E-state index is 3.61. The van der Waals surface area contributed by atoms with Gasteiger partial charge in [0.05, 0.1) is 0 Å². The molecule has 2 fully saturated rings. The van der Waals surface area contributed by atoms with Gasteiger partial charge in [0.15, 0.2) is 0 Å². The average Bonchev–Trinajstić information content (AvgIpc) is 2.40. The van der Waals surface area contributed by atoms with E-state index in [1.54, 1.807) is 0 Å². The van der Waals surface area contributed by atoms with E-state index in [2.05, 4.69) is 40.8 Å². The number of benzene rings is 1. The van der Waals surface area contributed by atoms with Crippen molar-refractivity contribution in [3.63, 3.8) is 0 Å². The van der Waals surface area contributed by atoms with Crippen LogP contribution in [0.3, 0.4) is 0 Å². The van der Waals surface area contributed by atoms with Gasteiger partial charge >= 0.3 is 0 Å². The summed E-state index contributed by atoms with van der Waals surface area (Å²) in [6.45, 7) is 1.20. The highest BCUT2D eigenvalue weighted by molar-refractivity contribution is 5.41. The van der Waals surface area contributed by atoms with Crippen molar-refractivity contribution >= 4 is 5.69 Å². The molecule has 1 aliphatic carbocycles. The van der Waals surface area contributed by atoms with Crippen molar-refractivity contribution in [3.05, 3.63) is 30.3 Å². The minimum atomic E-state index is 0.776. The summed E-state index contributed by atoms with van der Waals surface area (Å²) in [6.07, 6.45) is 8.47. The minimum absolute atomic E-state index is 0.776. The zero-order chi connectivity index (χ0) is 11.5. The standard InChI is InChI=1S/C15H22N2/c1-2-9-14(10-3-1)16-17-12-6-8-13-7-4-5-11-15(13)17/h1-3,9-10,13,15-16H,4-8,11-12H2/t13-,15+/m0/s1. The number of hydrazine groups is 1. The van der Waals surface area contributed by atoms with Crippen LogP contribution in [0, 0.1) is 5.92 Å². The van der Waals surface area contributed by atoms with Crippen molar-refractivity contribution in [1.82, 2.24) is 5.01 Å². The Morgan fingerprint density at radius 2 is 1.71 bits per heavy atom. The SMILES string of the molecule is c1ccc(NN2CCC[C@@H]3CCCC[C@H]32)cc1. The topological polar surface area (TPSA) is 15.3 Å². The third-order valence-electron chi connectivity index (χ3n) is 4.29. The van der Waals surface area contributed by atoms with Gasteiger partial charge in [-0.2, -0.15) is 0 Å². The lowest BCUT2D eigenvalue weighted by Crippen LogP contribution is -2.49. The molecule has 1 aliphatic heterocycles. The molecular formula is C15H22N2. The third-order valence-corrected chi connectivity index (χ3v) is 4.29. The van der Waals surface area contributed by atoms with Crippen LogP contribution >= 0.6 is 0 Å². The molecule has 3 rings (SSSR count). The van der Waals surface area contributed by atoms with Crippen LogP contribution in [0.1, 0.15) is 38.5 Å². The van der Waals surface area contributed by atoms with E-state index in [1.807, 2.05) is 0 Å². The lowest BCUT2D eigenvalue weighted by atomic mass is 9.79. The molecule has 2 aliphatic rings. The fourth-order valence-electron chi connectivity index (χ4n) is 3.44. The van der Waals surface area contributed by atoms with E-state index in [0.29, 0.717) is 0 Å². The summed E-state index contributed by atoms with van der Waals surface area (Å²) in [5, 5.41) is 2.50. The molecule has 2 atom stereocenters. The smallest absolute Gasteiger partial charge is 0.0490 e. The Balaban J connectivity index is 1.69. The van der Waals surface area contributed by atoms with Gasteiger partial charge in [-0.1, -0.05) is 31.0 Å². The highest BCUT2D eigenvalue weighted by Crippen LogP contribution is 2.35. The third kappa shape index (κ3) is 2.47. The molecular weight excluding hydrogens is 208 g/mol. The van der Waals surface area contributed by atoms with E-state index < -0.39 is 0 Å². The average molecular weight is 230 g/mol. The Bertz CT molecular complexity index is 347. The Morgan fingerprint density at radius 3 is 2.59 bits per heavy atom. The summed E-state index contributed by atoms with van der Waals surface area (Å²) < 4.78 is 0. The van der Waals surface area contributed by atoms with E-state index >= 15 is 0 Å². The summed E-state index contributed by atoms with van der Waals surface area (Å²) in [4.78, 5) is 0. The zero-order valence-corrected chi connectivity index (χ0v) is 10.4. The van der Waals surface area contributed by atoms with Crippen LogP contribution in [-0.4, -0.2) is 17.6 Å². The molecule has 1 N–H and O–H groups in total. The van der Waals surface area contributed by atoms with Crippen molar-refractivity contribution in [2.24, 2.45) is 5.92 Å². The van der Waals surface area contributed by atoms with E-state index in [4.69, 9.17) is 0 Å². The van der Waals surface area contributed by atoms with Gasteiger partial charge in [-0.15, -0.1) is 0 Å².